The zero-order valence-corrected chi connectivity index (χ0v) is 19.4. The van der Waals surface area contributed by atoms with Crippen LogP contribution in [0.3, 0.4) is 0 Å². The van der Waals surface area contributed by atoms with Gasteiger partial charge in [-0.25, -0.2) is 0 Å². The zero-order valence-electron chi connectivity index (χ0n) is 18.5. The van der Waals surface area contributed by atoms with Gasteiger partial charge < -0.3 is 13.8 Å². The number of hydrogen-bond donors (Lipinski definition) is 0. The fourth-order valence-corrected chi connectivity index (χ4v) is 6.19. The molecule has 0 radical (unpaired) electrons. The van der Waals surface area contributed by atoms with Gasteiger partial charge in [-0.3, -0.25) is 9.36 Å². The molecule has 6 heteroatoms. The minimum Gasteiger partial charge on any atom is -0.462 e. The number of rotatable bonds is 11. The lowest BCUT2D eigenvalue weighted by atomic mass is 9.82. The smallest absolute Gasteiger partial charge is 0.348 e. The largest absolute Gasteiger partial charge is 0.462 e. The van der Waals surface area contributed by atoms with Crippen molar-refractivity contribution >= 4 is 13.6 Å². The average molecular weight is 432 g/mol. The second-order valence-electron chi connectivity index (χ2n) is 7.51. The summed E-state index contributed by atoms with van der Waals surface area (Å²) in [6, 6.07) is 19.1. The summed E-state index contributed by atoms with van der Waals surface area (Å²) in [5.41, 5.74) is 1.73. The topological polar surface area (TPSA) is 61.8 Å². The normalized spacial score (nSPS) is 14.9. The van der Waals surface area contributed by atoms with Crippen LogP contribution in [-0.2, 0) is 29.6 Å². The van der Waals surface area contributed by atoms with Crippen molar-refractivity contribution in [2.45, 2.75) is 58.2 Å². The fourth-order valence-electron chi connectivity index (χ4n) is 3.70. The Morgan fingerprint density at radius 1 is 0.900 bits per heavy atom. The summed E-state index contributed by atoms with van der Waals surface area (Å²) in [6.45, 7) is 9.27. The maximum atomic E-state index is 14.3. The highest BCUT2D eigenvalue weighted by atomic mass is 31.2. The van der Waals surface area contributed by atoms with Crippen molar-refractivity contribution < 1.29 is 23.1 Å². The van der Waals surface area contributed by atoms with Crippen LogP contribution in [0.2, 0.25) is 0 Å². The summed E-state index contributed by atoms with van der Waals surface area (Å²) >= 11 is 0. The summed E-state index contributed by atoms with van der Waals surface area (Å²) < 4.78 is 31.6. The molecule has 0 saturated carbocycles. The molecule has 0 unspecified atom stereocenters. The van der Waals surface area contributed by atoms with Crippen molar-refractivity contribution in [3.8, 4) is 0 Å². The standard InChI is InChI=1S/C24H33O5P/c1-6-27-30(26,28-7-2)24(23(25)29-19(3)4,18-21-14-10-8-11-15-21)20(5)22-16-12-9-13-17-22/h8-17,19-20H,6-7,18H2,1-5H3/t20-,24+/m0/s1. The lowest BCUT2D eigenvalue weighted by Crippen LogP contribution is -2.48. The molecule has 0 heterocycles. The van der Waals surface area contributed by atoms with E-state index >= 15 is 0 Å². The van der Waals surface area contributed by atoms with Gasteiger partial charge in [-0.1, -0.05) is 67.6 Å². The van der Waals surface area contributed by atoms with Gasteiger partial charge in [0.1, 0.15) is 0 Å². The highest BCUT2D eigenvalue weighted by Crippen LogP contribution is 2.66. The highest BCUT2D eigenvalue weighted by Gasteiger charge is 2.61. The van der Waals surface area contributed by atoms with E-state index in [0.717, 1.165) is 11.1 Å². The molecule has 0 spiro atoms. The van der Waals surface area contributed by atoms with Crippen LogP contribution in [0.5, 0.6) is 0 Å². The molecular formula is C24H33O5P. The molecule has 0 N–H and O–H groups in total. The Bertz CT molecular complexity index is 827. The van der Waals surface area contributed by atoms with Crippen molar-refractivity contribution in [1.82, 2.24) is 0 Å². The molecule has 0 saturated heterocycles. The first-order valence-corrected chi connectivity index (χ1v) is 12.0. The molecule has 0 fully saturated rings. The molecule has 2 aromatic carbocycles. The third-order valence-electron chi connectivity index (χ3n) is 5.12. The molecule has 0 aromatic heterocycles. The minimum atomic E-state index is -3.93. The zero-order chi connectivity index (χ0) is 22.2. The molecule has 0 bridgehead atoms. The van der Waals surface area contributed by atoms with E-state index in [1.807, 2.05) is 67.6 Å². The van der Waals surface area contributed by atoms with Crippen LogP contribution < -0.4 is 0 Å². The van der Waals surface area contributed by atoms with Crippen LogP contribution in [0.25, 0.3) is 0 Å². The van der Waals surface area contributed by atoms with E-state index < -0.39 is 24.6 Å². The van der Waals surface area contributed by atoms with Gasteiger partial charge in [0.15, 0.2) is 5.16 Å². The third-order valence-corrected chi connectivity index (χ3v) is 8.02. The summed E-state index contributed by atoms with van der Waals surface area (Å²) in [5.74, 6) is -1.04. The molecule has 0 aliphatic heterocycles. The molecule has 0 aliphatic carbocycles. The molecule has 0 aliphatic rings. The van der Waals surface area contributed by atoms with Crippen LogP contribution in [-0.4, -0.2) is 30.4 Å². The molecule has 164 valence electrons. The van der Waals surface area contributed by atoms with Crippen molar-refractivity contribution in [3.63, 3.8) is 0 Å². The maximum Gasteiger partial charge on any atom is 0.348 e. The van der Waals surface area contributed by atoms with Gasteiger partial charge in [-0.05, 0) is 38.8 Å². The van der Waals surface area contributed by atoms with Gasteiger partial charge in [0.05, 0.1) is 19.3 Å². The molecule has 2 atom stereocenters. The van der Waals surface area contributed by atoms with Crippen molar-refractivity contribution in [2.75, 3.05) is 13.2 Å². The molecule has 30 heavy (non-hydrogen) atoms. The molecule has 2 rings (SSSR count). The quantitative estimate of drug-likeness (QED) is 0.322. The summed E-state index contributed by atoms with van der Waals surface area (Å²) in [6.07, 6.45) is -0.195. The second-order valence-corrected chi connectivity index (χ2v) is 9.82. The Kier molecular flexibility index (Phi) is 8.84. The first kappa shape index (κ1) is 24.3. The number of carbonyl (C=O) groups excluding carboxylic acids is 1. The Morgan fingerprint density at radius 2 is 1.40 bits per heavy atom. The van der Waals surface area contributed by atoms with E-state index in [-0.39, 0.29) is 25.7 Å². The predicted molar refractivity (Wildman–Crippen MR) is 120 cm³/mol. The lowest BCUT2D eigenvalue weighted by molar-refractivity contribution is -0.152. The van der Waals surface area contributed by atoms with E-state index in [4.69, 9.17) is 13.8 Å². The van der Waals surface area contributed by atoms with Crippen LogP contribution >= 0.6 is 7.60 Å². The van der Waals surface area contributed by atoms with Crippen LogP contribution in [0.1, 0.15) is 51.7 Å². The number of carbonyl (C=O) groups is 1. The first-order chi connectivity index (χ1) is 14.3. The van der Waals surface area contributed by atoms with Gasteiger partial charge in [0, 0.05) is 12.3 Å². The molecule has 2 aromatic rings. The van der Waals surface area contributed by atoms with E-state index in [1.165, 1.54) is 0 Å². The Hall–Kier alpha value is -1.94. The Morgan fingerprint density at radius 3 is 1.87 bits per heavy atom. The molecule has 0 amide bonds. The summed E-state index contributed by atoms with van der Waals surface area (Å²) in [4.78, 5) is 13.7. The van der Waals surface area contributed by atoms with E-state index in [1.54, 1.807) is 27.7 Å². The Balaban J connectivity index is 2.77. The van der Waals surface area contributed by atoms with Crippen LogP contribution in [0.4, 0.5) is 0 Å². The molecule has 5 nitrogen and oxygen atoms in total. The predicted octanol–water partition coefficient (Wildman–Crippen LogP) is 5.99. The van der Waals surface area contributed by atoms with Gasteiger partial charge in [0.2, 0.25) is 0 Å². The second kappa shape index (κ2) is 10.9. The summed E-state index contributed by atoms with van der Waals surface area (Å²) in [7, 11) is -3.93. The van der Waals surface area contributed by atoms with Crippen molar-refractivity contribution in [2.24, 2.45) is 0 Å². The average Bonchev–Trinajstić information content (AvgIpc) is 2.72. The van der Waals surface area contributed by atoms with E-state index in [2.05, 4.69) is 0 Å². The number of esters is 1. The highest BCUT2D eigenvalue weighted by molar-refractivity contribution is 7.57. The van der Waals surface area contributed by atoms with E-state index in [9.17, 15) is 9.36 Å². The summed E-state index contributed by atoms with van der Waals surface area (Å²) in [5, 5.41) is -1.54. The maximum absolute atomic E-state index is 14.3. The van der Waals surface area contributed by atoms with Crippen LogP contribution in [0.15, 0.2) is 60.7 Å². The fraction of sp³-hybridized carbons (Fsp3) is 0.458. The van der Waals surface area contributed by atoms with Gasteiger partial charge >= 0.3 is 13.6 Å². The monoisotopic (exact) mass is 432 g/mol. The number of benzene rings is 2. The van der Waals surface area contributed by atoms with E-state index in [0.29, 0.717) is 0 Å². The lowest BCUT2D eigenvalue weighted by Gasteiger charge is -2.41. The third kappa shape index (κ3) is 5.21. The number of ether oxygens (including phenoxy) is 1. The molecular weight excluding hydrogens is 399 g/mol. The minimum absolute atomic E-state index is 0.157. The SMILES string of the molecule is CCOP(=O)(OCC)[C@@](Cc1ccccc1)(C(=O)OC(C)C)[C@@H](C)c1ccccc1. The van der Waals surface area contributed by atoms with Crippen LogP contribution in [0, 0.1) is 0 Å². The van der Waals surface area contributed by atoms with Crippen molar-refractivity contribution in [3.05, 3.63) is 71.8 Å². The Labute approximate surface area is 180 Å². The van der Waals surface area contributed by atoms with Gasteiger partial charge in [0.25, 0.3) is 0 Å². The first-order valence-electron chi connectivity index (χ1n) is 10.5. The number of hydrogen-bond acceptors (Lipinski definition) is 5. The van der Waals surface area contributed by atoms with Gasteiger partial charge in [-0.2, -0.15) is 0 Å². The van der Waals surface area contributed by atoms with Gasteiger partial charge in [-0.15, -0.1) is 0 Å². The van der Waals surface area contributed by atoms with Crippen molar-refractivity contribution in [1.29, 1.82) is 0 Å².